The van der Waals surface area contributed by atoms with E-state index in [2.05, 4.69) is 5.32 Å². The van der Waals surface area contributed by atoms with E-state index in [0.29, 0.717) is 29.4 Å². The summed E-state index contributed by atoms with van der Waals surface area (Å²) in [7, 11) is 1.51. The molecule has 0 bridgehead atoms. The fourth-order valence-corrected chi connectivity index (χ4v) is 2.71. The van der Waals surface area contributed by atoms with Gasteiger partial charge in [-0.25, -0.2) is 4.79 Å². The smallest absolute Gasteiger partial charge is 0.322 e. The van der Waals surface area contributed by atoms with Gasteiger partial charge in [0.25, 0.3) is 0 Å². The maximum Gasteiger partial charge on any atom is 0.322 e. The average Bonchev–Trinajstić information content (AvgIpc) is 2.86. The van der Waals surface area contributed by atoms with Gasteiger partial charge in [-0.3, -0.25) is 4.79 Å². The van der Waals surface area contributed by atoms with Gasteiger partial charge in [-0.05, 0) is 31.0 Å². The zero-order valence-electron chi connectivity index (χ0n) is 11.6. The lowest BCUT2D eigenvalue weighted by atomic mass is 10.1. The normalized spacial score (nSPS) is 17.6. The van der Waals surface area contributed by atoms with Crippen molar-refractivity contribution in [2.75, 3.05) is 19.0 Å². The van der Waals surface area contributed by atoms with Crippen LogP contribution in [0.3, 0.4) is 0 Å². The van der Waals surface area contributed by atoms with Crippen LogP contribution in [-0.2, 0) is 4.79 Å². The quantitative estimate of drug-likeness (QED) is 0.896. The molecular weight excluding hydrogens is 296 g/mol. The standard InChI is InChI=1S/C14H17ClN2O4/c1-21-12-5-4-9(7-11(12)15)16-14(20)17-6-2-3-10(17)8-13(18)19/h4-5,7,10H,2-3,6,8H2,1H3,(H,16,20)(H,18,19). The predicted molar refractivity (Wildman–Crippen MR) is 79.0 cm³/mol. The van der Waals surface area contributed by atoms with E-state index in [1.165, 1.54) is 7.11 Å². The van der Waals surface area contributed by atoms with E-state index in [-0.39, 0.29) is 18.5 Å². The van der Waals surface area contributed by atoms with Crippen LogP contribution >= 0.6 is 11.6 Å². The topological polar surface area (TPSA) is 78.9 Å². The van der Waals surface area contributed by atoms with Gasteiger partial charge in [0.2, 0.25) is 0 Å². The largest absolute Gasteiger partial charge is 0.495 e. The van der Waals surface area contributed by atoms with Crippen molar-refractivity contribution >= 4 is 29.3 Å². The molecule has 0 saturated carbocycles. The van der Waals surface area contributed by atoms with Gasteiger partial charge < -0.3 is 20.1 Å². The van der Waals surface area contributed by atoms with Gasteiger partial charge in [0.15, 0.2) is 0 Å². The van der Waals surface area contributed by atoms with E-state index in [1.807, 2.05) is 0 Å². The van der Waals surface area contributed by atoms with Gasteiger partial charge in [0, 0.05) is 18.3 Å². The predicted octanol–water partition coefficient (Wildman–Crippen LogP) is 2.82. The van der Waals surface area contributed by atoms with E-state index >= 15 is 0 Å². The highest BCUT2D eigenvalue weighted by atomic mass is 35.5. The molecule has 1 fully saturated rings. The number of halogens is 1. The summed E-state index contributed by atoms with van der Waals surface area (Å²) in [5.41, 5.74) is 0.548. The number of ether oxygens (including phenoxy) is 1. The Morgan fingerprint density at radius 2 is 2.29 bits per heavy atom. The molecule has 2 N–H and O–H groups in total. The van der Waals surface area contributed by atoms with Crippen LogP contribution in [0, 0.1) is 0 Å². The summed E-state index contributed by atoms with van der Waals surface area (Å²) in [5.74, 6) is -0.369. The number of urea groups is 1. The Morgan fingerprint density at radius 3 is 2.90 bits per heavy atom. The van der Waals surface area contributed by atoms with Gasteiger partial charge in [-0.1, -0.05) is 11.6 Å². The van der Waals surface area contributed by atoms with Crippen LogP contribution in [0.25, 0.3) is 0 Å². The van der Waals surface area contributed by atoms with Crippen LogP contribution in [0.15, 0.2) is 18.2 Å². The molecule has 6 nitrogen and oxygen atoms in total. The number of nitrogens with zero attached hydrogens (tertiary/aromatic N) is 1. The Kier molecular flexibility index (Phi) is 4.90. The maximum atomic E-state index is 12.2. The maximum absolute atomic E-state index is 12.2. The average molecular weight is 313 g/mol. The molecule has 1 atom stereocenters. The molecule has 0 radical (unpaired) electrons. The van der Waals surface area contributed by atoms with Gasteiger partial charge in [-0.15, -0.1) is 0 Å². The molecule has 2 rings (SSSR count). The van der Waals surface area contributed by atoms with Crippen LogP contribution in [-0.4, -0.2) is 41.7 Å². The zero-order valence-corrected chi connectivity index (χ0v) is 12.4. The molecule has 114 valence electrons. The molecule has 1 heterocycles. The lowest BCUT2D eigenvalue weighted by Crippen LogP contribution is -2.39. The van der Waals surface area contributed by atoms with E-state index < -0.39 is 5.97 Å². The van der Waals surface area contributed by atoms with Crippen LogP contribution in [0.4, 0.5) is 10.5 Å². The number of carbonyl (C=O) groups excluding carboxylic acids is 1. The number of carbonyl (C=O) groups is 2. The number of aliphatic carboxylic acids is 1. The van der Waals surface area contributed by atoms with E-state index in [0.717, 1.165) is 6.42 Å². The second-order valence-electron chi connectivity index (χ2n) is 4.87. The minimum Gasteiger partial charge on any atom is -0.495 e. The molecule has 0 aliphatic carbocycles. The first-order chi connectivity index (χ1) is 10.0. The summed E-state index contributed by atoms with van der Waals surface area (Å²) in [5, 5.41) is 12.0. The third kappa shape index (κ3) is 3.78. The molecule has 7 heteroatoms. The van der Waals surface area contributed by atoms with Gasteiger partial charge in [0.05, 0.1) is 18.6 Å². The van der Waals surface area contributed by atoms with Crippen molar-refractivity contribution in [1.29, 1.82) is 0 Å². The van der Waals surface area contributed by atoms with Crippen LogP contribution in [0.1, 0.15) is 19.3 Å². The fraction of sp³-hybridized carbons (Fsp3) is 0.429. The lowest BCUT2D eigenvalue weighted by molar-refractivity contribution is -0.137. The number of amides is 2. The number of hydrogen-bond donors (Lipinski definition) is 2. The summed E-state index contributed by atoms with van der Waals surface area (Å²) in [6.07, 6.45) is 1.49. The molecule has 1 aromatic carbocycles. The summed E-state index contributed by atoms with van der Waals surface area (Å²) < 4.78 is 5.05. The number of methoxy groups -OCH3 is 1. The number of benzene rings is 1. The molecular formula is C14H17ClN2O4. The van der Waals surface area contributed by atoms with Crippen LogP contribution < -0.4 is 10.1 Å². The number of anilines is 1. The number of nitrogens with one attached hydrogen (secondary N) is 1. The molecule has 1 saturated heterocycles. The Bertz CT molecular complexity index is 550. The summed E-state index contributed by atoms with van der Waals surface area (Å²) >= 11 is 6.00. The highest BCUT2D eigenvalue weighted by Gasteiger charge is 2.30. The van der Waals surface area contributed by atoms with Crippen molar-refractivity contribution in [2.24, 2.45) is 0 Å². The van der Waals surface area contributed by atoms with Crippen molar-refractivity contribution in [3.05, 3.63) is 23.2 Å². The van der Waals surface area contributed by atoms with Crippen molar-refractivity contribution in [2.45, 2.75) is 25.3 Å². The SMILES string of the molecule is COc1ccc(NC(=O)N2CCCC2CC(=O)O)cc1Cl. The first-order valence-electron chi connectivity index (χ1n) is 6.64. The minimum absolute atomic E-state index is 0.0310. The third-order valence-electron chi connectivity index (χ3n) is 3.45. The zero-order chi connectivity index (χ0) is 15.4. The van der Waals surface area contributed by atoms with Crippen LogP contribution in [0.5, 0.6) is 5.75 Å². The molecule has 0 aromatic heterocycles. The molecule has 21 heavy (non-hydrogen) atoms. The molecule has 1 unspecified atom stereocenters. The molecule has 1 aliphatic rings. The molecule has 2 amide bonds. The Labute approximate surface area is 127 Å². The Morgan fingerprint density at radius 1 is 1.52 bits per heavy atom. The highest BCUT2D eigenvalue weighted by Crippen LogP contribution is 2.28. The minimum atomic E-state index is -0.896. The summed E-state index contributed by atoms with van der Waals surface area (Å²) in [4.78, 5) is 24.6. The second kappa shape index (κ2) is 6.67. The van der Waals surface area contributed by atoms with Crippen molar-refractivity contribution in [3.63, 3.8) is 0 Å². The molecule has 0 spiro atoms. The third-order valence-corrected chi connectivity index (χ3v) is 3.75. The summed E-state index contributed by atoms with van der Waals surface area (Å²) in [6, 6.07) is 4.39. The first-order valence-corrected chi connectivity index (χ1v) is 7.02. The number of rotatable bonds is 4. The number of hydrogen-bond acceptors (Lipinski definition) is 3. The monoisotopic (exact) mass is 312 g/mol. The van der Waals surface area contributed by atoms with E-state index in [9.17, 15) is 9.59 Å². The Balaban J connectivity index is 2.03. The number of carboxylic acids is 1. The van der Waals surface area contributed by atoms with Gasteiger partial charge in [0.1, 0.15) is 5.75 Å². The molecule has 1 aliphatic heterocycles. The van der Waals surface area contributed by atoms with E-state index in [1.54, 1.807) is 23.1 Å². The Hall–Kier alpha value is -1.95. The van der Waals surface area contributed by atoms with Crippen molar-refractivity contribution < 1.29 is 19.4 Å². The second-order valence-corrected chi connectivity index (χ2v) is 5.27. The number of likely N-dealkylation sites (tertiary alicyclic amines) is 1. The van der Waals surface area contributed by atoms with Gasteiger partial charge in [-0.2, -0.15) is 0 Å². The van der Waals surface area contributed by atoms with Crippen molar-refractivity contribution in [3.8, 4) is 5.75 Å². The fourth-order valence-electron chi connectivity index (χ4n) is 2.46. The lowest BCUT2D eigenvalue weighted by Gasteiger charge is -2.23. The van der Waals surface area contributed by atoms with E-state index in [4.69, 9.17) is 21.4 Å². The van der Waals surface area contributed by atoms with Gasteiger partial charge >= 0.3 is 12.0 Å². The number of carboxylic acid groups (broad SMARTS) is 1. The first kappa shape index (κ1) is 15.4. The van der Waals surface area contributed by atoms with Crippen molar-refractivity contribution in [1.82, 2.24) is 4.90 Å². The summed E-state index contributed by atoms with van der Waals surface area (Å²) in [6.45, 7) is 0.563. The highest BCUT2D eigenvalue weighted by molar-refractivity contribution is 6.32. The molecule has 1 aromatic rings. The van der Waals surface area contributed by atoms with Crippen LogP contribution in [0.2, 0.25) is 5.02 Å².